The van der Waals surface area contributed by atoms with Crippen molar-refractivity contribution in [2.45, 2.75) is 49.8 Å². The maximum atomic E-state index is 11.3. The van der Waals surface area contributed by atoms with Crippen molar-refractivity contribution in [2.75, 3.05) is 18.6 Å². The van der Waals surface area contributed by atoms with Crippen LogP contribution >= 0.6 is 24.4 Å². The second kappa shape index (κ2) is 8.43. The Labute approximate surface area is 109 Å². The summed E-state index contributed by atoms with van der Waals surface area (Å²) in [6.45, 7) is 0.964. The first kappa shape index (κ1) is 14.4. The van der Waals surface area contributed by atoms with Gasteiger partial charge >= 0.3 is 0 Å². The van der Waals surface area contributed by atoms with Crippen molar-refractivity contribution in [3.05, 3.63) is 0 Å². The molecule has 4 heteroatoms. The number of carbonyl (C=O) groups is 1. The van der Waals surface area contributed by atoms with Gasteiger partial charge in [-0.2, -0.15) is 24.4 Å². The van der Waals surface area contributed by atoms with E-state index in [-0.39, 0.29) is 5.78 Å². The van der Waals surface area contributed by atoms with Crippen LogP contribution in [0.2, 0.25) is 0 Å². The predicted octanol–water partition coefficient (Wildman–Crippen LogP) is 2.53. The minimum Gasteiger partial charge on any atom is -0.313 e. The number of ketones is 1. The molecule has 0 radical (unpaired) electrons. The lowest BCUT2D eigenvalue weighted by atomic mass is 9.95. The van der Waals surface area contributed by atoms with Crippen LogP contribution in [0.4, 0.5) is 0 Å². The van der Waals surface area contributed by atoms with E-state index in [0.717, 1.165) is 6.54 Å². The molecule has 1 aliphatic carbocycles. The first-order chi connectivity index (χ1) is 7.76. The zero-order chi connectivity index (χ0) is 11.8. The van der Waals surface area contributed by atoms with E-state index in [1.807, 2.05) is 0 Å². The zero-order valence-corrected chi connectivity index (χ0v) is 11.8. The first-order valence-electron chi connectivity index (χ1n) is 6.15. The molecule has 0 saturated heterocycles. The molecule has 0 aliphatic heterocycles. The van der Waals surface area contributed by atoms with Gasteiger partial charge in [0.05, 0.1) is 0 Å². The average Bonchev–Trinajstić information content (AvgIpc) is 2.35. The van der Waals surface area contributed by atoms with Crippen LogP contribution in [0, 0.1) is 0 Å². The standard InChI is InChI=1S/C12H23NOS2/c1-16-12(7-11(14)9-15)8-13-10-5-3-2-4-6-10/h10,12-13,15H,2-9H2,1H3. The number of hydrogen-bond donors (Lipinski definition) is 2. The molecule has 0 bridgehead atoms. The Kier molecular flexibility index (Phi) is 7.58. The third kappa shape index (κ3) is 5.60. The normalized spacial score (nSPS) is 19.6. The summed E-state index contributed by atoms with van der Waals surface area (Å²) in [6, 6.07) is 0.689. The number of nitrogens with one attached hydrogen (secondary N) is 1. The van der Waals surface area contributed by atoms with Crippen molar-refractivity contribution < 1.29 is 4.79 Å². The third-order valence-electron chi connectivity index (χ3n) is 3.20. The van der Waals surface area contributed by atoms with E-state index in [2.05, 4.69) is 24.2 Å². The summed E-state index contributed by atoms with van der Waals surface area (Å²) in [5.41, 5.74) is 0. The smallest absolute Gasteiger partial charge is 0.143 e. The van der Waals surface area contributed by atoms with E-state index >= 15 is 0 Å². The number of hydrogen-bond acceptors (Lipinski definition) is 4. The Bertz CT molecular complexity index is 205. The minimum atomic E-state index is 0.258. The molecule has 0 amide bonds. The lowest BCUT2D eigenvalue weighted by Crippen LogP contribution is -2.36. The van der Waals surface area contributed by atoms with E-state index < -0.39 is 0 Å². The Morgan fingerprint density at radius 3 is 2.69 bits per heavy atom. The number of carbonyl (C=O) groups excluding carboxylic acids is 1. The van der Waals surface area contributed by atoms with E-state index in [1.165, 1.54) is 32.1 Å². The fraction of sp³-hybridized carbons (Fsp3) is 0.917. The molecule has 1 saturated carbocycles. The first-order valence-corrected chi connectivity index (χ1v) is 8.07. The van der Waals surface area contributed by atoms with Crippen LogP contribution in [-0.4, -0.2) is 35.6 Å². The number of rotatable bonds is 7. The minimum absolute atomic E-state index is 0.258. The molecule has 0 aromatic carbocycles. The largest absolute Gasteiger partial charge is 0.313 e. The topological polar surface area (TPSA) is 29.1 Å². The molecular formula is C12H23NOS2. The summed E-state index contributed by atoms with van der Waals surface area (Å²) in [6.07, 6.45) is 9.46. The summed E-state index contributed by atoms with van der Waals surface area (Å²) in [5, 5.41) is 4.02. The predicted molar refractivity (Wildman–Crippen MR) is 75.7 cm³/mol. The zero-order valence-electron chi connectivity index (χ0n) is 10.1. The molecule has 1 unspecified atom stereocenters. The molecule has 2 nitrogen and oxygen atoms in total. The van der Waals surface area contributed by atoms with Gasteiger partial charge in [-0.15, -0.1) is 0 Å². The van der Waals surface area contributed by atoms with E-state index in [4.69, 9.17) is 0 Å². The van der Waals surface area contributed by atoms with Crippen LogP contribution in [-0.2, 0) is 4.79 Å². The molecule has 1 rings (SSSR count). The van der Waals surface area contributed by atoms with Gasteiger partial charge in [0.15, 0.2) is 0 Å². The molecule has 0 aromatic rings. The van der Waals surface area contributed by atoms with Crippen molar-refractivity contribution in [1.82, 2.24) is 5.32 Å². The molecule has 1 aliphatic rings. The SMILES string of the molecule is CSC(CNC1CCCCC1)CC(=O)CS. The molecule has 1 fully saturated rings. The number of thioether (sulfide) groups is 1. The fourth-order valence-corrected chi connectivity index (χ4v) is 2.91. The molecule has 1 N–H and O–H groups in total. The van der Waals surface area contributed by atoms with E-state index in [1.54, 1.807) is 11.8 Å². The van der Waals surface area contributed by atoms with Crippen molar-refractivity contribution in [3.8, 4) is 0 Å². The summed E-state index contributed by atoms with van der Waals surface area (Å²) in [5.74, 6) is 0.633. The second-order valence-corrected chi connectivity index (χ2v) is 5.96. The second-order valence-electron chi connectivity index (χ2n) is 4.50. The molecule has 94 valence electrons. The maximum absolute atomic E-state index is 11.3. The van der Waals surface area contributed by atoms with Crippen LogP contribution < -0.4 is 5.32 Å². The highest BCUT2D eigenvalue weighted by Crippen LogP contribution is 2.18. The molecule has 0 spiro atoms. The van der Waals surface area contributed by atoms with Crippen LogP contribution in [0.1, 0.15) is 38.5 Å². The lowest BCUT2D eigenvalue weighted by Gasteiger charge is -2.25. The Balaban J connectivity index is 2.19. The van der Waals surface area contributed by atoms with Gasteiger partial charge in [-0.25, -0.2) is 0 Å². The Morgan fingerprint density at radius 2 is 2.12 bits per heavy atom. The van der Waals surface area contributed by atoms with Crippen molar-refractivity contribution in [3.63, 3.8) is 0 Å². The van der Waals surface area contributed by atoms with Crippen LogP contribution in [0.3, 0.4) is 0 Å². The van der Waals surface area contributed by atoms with E-state index in [9.17, 15) is 4.79 Å². The van der Waals surface area contributed by atoms with Crippen LogP contribution in [0.25, 0.3) is 0 Å². The summed E-state index contributed by atoms with van der Waals surface area (Å²) in [7, 11) is 0. The van der Waals surface area contributed by atoms with Crippen molar-refractivity contribution >= 4 is 30.2 Å². The summed E-state index contributed by atoms with van der Waals surface area (Å²) in [4.78, 5) is 11.3. The Morgan fingerprint density at radius 1 is 1.44 bits per heavy atom. The Hall–Kier alpha value is 0.330. The van der Waals surface area contributed by atoms with Gasteiger partial charge < -0.3 is 5.32 Å². The van der Waals surface area contributed by atoms with Gasteiger partial charge in [-0.05, 0) is 19.1 Å². The van der Waals surface area contributed by atoms with Crippen molar-refractivity contribution in [2.24, 2.45) is 0 Å². The van der Waals surface area contributed by atoms with Crippen LogP contribution in [0.5, 0.6) is 0 Å². The molecule has 0 heterocycles. The number of Topliss-reactive ketones (excluding diaryl/α,β-unsaturated/α-hetero) is 1. The molecule has 1 atom stereocenters. The van der Waals surface area contributed by atoms with E-state index in [0.29, 0.717) is 23.5 Å². The van der Waals surface area contributed by atoms with Gasteiger partial charge in [-0.1, -0.05) is 19.3 Å². The maximum Gasteiger partial charge on any atom is 0.143 e. The highest BCUT2D eigenvalue weighted by Gasteiger charge is 2.16. The molecular weight excluding hydrogens is 238 g/mol. The molecule has 16 heavy (non-hydrogen) atoms. The molecule has 0 aromatic heterocycles. The van der Waals surface area contributed by atoms with Gasteiger partial charge in [0.1, 0.15) is 5.78 Å². The van der Waals surface area contributed by atoms with Crippen molar-refractivity contribution in [1.29, 1.82) is 0 Å². The quantitative estimate of drug-likeness (QED) is 0.690. The third-order valence-corrected chi connectivity index (χ3v) is 4.56. The van der Waals surface area contributed by atoms with Crippen LogP contribution in [0.15, 0.2) is 0 Å². The highest BCUT2D eigenvalue weighted by atomic mass is 32.2. The summed E-state index contributed by atoms with van der Waals surface area (Å²) >= 11 is 5.80. The summed E-state index contributed by atoms with van der Waals surface area (Å²) < 4.78 is 0. The van der Waals surface area contributed by atoms with Gasteiger partial charge in [0, 0.05) is 30.0 Å². The number of thiol groups is 1. The highest BCUT2D eigenvalue weighted by molar-refractivity contribution is 7.99. The monoisotopic (exact) mass is 261 g/mol. The average molecular weight is 261 g/mol. The fourth-order valence-electron chi connectivity index (χ4n) is 2.16. The lowest BCUT2D eigenvalue weighted by molar-refractivity contribution is -0.116. The van der Waals surface area contributed by atoms with Gasteiger partial charge in [-0.3, -0.25) is 4.79 Å². The van der Waals surface area contributed by atoms with Gasteiger partial charge in [0.2, 0.25) is 0 Å². The van der Waals surface area contributed by atoms with Gasteiger partial charge in [0.25, 0.3) is 0 Å².